The van der Waals surface area contributed by atoms with Crippen LogP contribution < -0.4 is 0 Å². The quantitative estimate of drug-likeness (QED) is 0.761. The third-order valence-electron chi connectivity index (χ3n) is 2.30. The van der Waals surface area contributed by atoms with Crippen molar-refractivity contribution < 1.29 is 9.53 Å². The summed E-state index contributed by atoms with van der Waals surface area (Å²) >= 11 is 3.50. The van der Waals surface area contributed by atoms with E-state index in [0.29, 0.717) is 6.61 Å². The van der Waals surface area contributed by atoms with Gasteiger partial charge in [0.05, 0.1) is 0 Å². The predicted octanol–water partition coefficient (Wildman–Crippen LogP) is 4.20. The second kappa shape index (κ2) is 7.28. The molecule has 0 aliphatic rings. The lowest BCUT2D eigenvalue weighted by Crippen LogP contribution is -2.03. The SMILES string of the molecule is CCC/C(=C\c1ccccc1Br)COC(C)=O. The number of esters is 1. The Balaban J connectivity index is 2.82. The summed E-state index contributed by atoms with van der Waals surface area (Å²) in [5.41, 5.74) is 2.25. The zero-order chi connectivity index (χ0) is 12.7. The van der Waals surface area contributed by atoms with E-state index in [4.69, 9.17) is 4.74 Å². The molecule has 0 saturated carbocycles. The zero-order valence-electron chi connectivity index (χ0n) is 10.2. The summed E-state index contributed by atoms with van der Waals surface area (Å²) in [5.74, 6) is -0.237. The van der Waals surface area contributed by atoms with Gasteiger partial charge in [-0.05, 0) is 23.6 Å². The molecule has 92 valence electrons. The van der Waals surface area contributed by atoms with Crippen LogP contribution in [-0.2, 0) is 9.53 Å². The first-order chi connectivity index (χ1) is 8.13. The number of hydrogen-bond acceptors (Lipinski definition) is 2. The molecule has 0 aliphatic heterocycles. The summed E-state index contributed by atoms with van der Waals surface area (Å²) in [5, 5.41) is 0. The first kappa shape index (κ1) is 14.0. The van der Waals surface area contributed by atoms with Crippen LogP contribution in [-0.4, -0.2) is 12.6 Å². The smallest absolute Gasteiger partial charge is 0.302 e. The highest BCUT2D eigenvalue weighted by Gasteiger charge is 2.02. The molecular weight excluding hydrogens is 280 g/mol. The number of hydrogen-bond donors (Lipinski definition) is 0. The number of benzene rings is 1. The van der Waals surface area contributed by atoms with Crippen molar-refractivity contribution >= 4 is 28.0 Å². The van der Waals surface area contributed by atoms with Crippen LogP contribution in [0.1, 0.15) is 32.3 Å². The van der Waals surface area contributed by atoms with Crippen LogP contribution in [0.15, 0.2) is 34.3 Å². The molecule has 0 saturated heterocycles. The Morgan fingerprint density at radius 3 is 2.71 bits per heavy atom. The van der Waals surface area contributed by atoms with E-state index in [-0.39, 0.29) is 5.97 Å². The van der Waals surface area contributed by atoms with Gasteiger partial charge in [0.2, 0.25) is 0 Å². The monoisotopic (exact) mass is 296 g/mol. The molecule has 0 aliphatic carbocycles. The summed E-state index contributed by atoms with van der Waals surface area (Å²) in [7, 11) is 0. The van der Waals surface area contributed by atoms with Gasteiger partial charge in [0.1, 0.15) is 6.61 Å². The lowest BCUT2D eigenvalue weighted by Gasteiger charge is -2.07. The highest BCUT2D eigenvalue weighted by molar-refractivity contribution is 9.10. The van der Waals surface area contributed by atoms with Gasteiger partial charge in [-0.15, -0.1) is 0 Å². The minimum absolute atomic E-state index is 0.237. The molecule has 0 bridgehead atoms. The van der Waals surface area contributed by atoms with Crippen LogP contribution in [0.3, 0.4) is 0 Å². The van der Waals surface area contributed by atoms with E-state index in [1.807, 2.05) is 24.3 Å². The van der Waals surface area contributed by atoms with Gasteiger partial charge in [-0.2, -0.15) is 0 Å². The number of ether oxygens (including phenoxy) is 1. The molecule has 0 aromatic heterocycles. The molecule has 17 heavy (non-hydrogen) atoms. The molecule has 2 nitrogen and oxygen atoms in total. The van der Waals surface area contributed by atoms with Gasteiger partial charge in [-0.1, -0.05) is 53.5 Å². The Morgan fingerprint density at radius 2 is 2.12 bits per heavy atom. The second-order valence-corrected chi connectivity index (χ2v) is 4.71. The number of carbonyl (C=O) groups is 1. The predicted molar refractivity (Wildman–Crippen MR) is 73.7 cm³/mol. The van der Waals surface area contributed by atoms with Gasteiger partial charge >= 0.3 is 5.97 Å². The Labute approximate surface area is 111 Å². The van der Waals surface area contributed by atoms with E-state index >= 15 is 0 Å². The molecular formula is C14H17BrO2. The van der Waals surface area contributed by atoms with Crippen LogP contribution in [0.2, 0.25) is 0 Å². The van der Waals surface area contributed by atoms with Crippen molar-refractivity contribution in [2.24, 2.45) is 0 Å². The molecule has 0 atom stereocenters. The first-order valence-corrected chi connectivity index (χ1v) is 6.50. The maximum Gasteiger partial charge on any atom is 0.302 e. The lowest BCUT2D eigenvalue weighted by molar-refractivity contribution is -0.140. The highest BCUT2D eigenvalue weighted by atomic mass is 79.9. The van der Waals surface area contributed by atoms with Crippen molar-refractivity contribution in [1.82, 2.24) is 0 Å². The Hall–Kier alpha value is -1.09. The summed E-state index contributed by atoms with van der Waals surface area (Å²) in [6.07, 6.45) is 4.06. The third kappa shape index (κ3) is 5.18. The second-order valence-electron chi connectivity index (χ2n) is 3.85. The third-order valence-corrected chi connectivity index (χ3v) is 3.02. The normalized spacial score (nSPS) is 11.4. The summed E-state index contributed by atoms with van der Waals surface area (Å²) in [6.45, 7) is 3.92. The average molecular weight is 297 g/mol. The molecule has 1 aromatic rings. The van der Waals surface area contributed by atoms with Gasteiger partial charge in [0.15, 0.2) is 0 Å². The molecule has 0 N–H and O–H groups in total. The Bertz CT molecular complexity index is 410. The molecule has 0 amide bonds. The summed E-state index contributed by atoms with van der Waals surface area (Å²) < 4.78 is 6.10. The van der Waals surface area contributed by atoms with Gasteiger partial charge in [0, 0.05) is 11.4 Å². The fourth-order valence-electron chi connectivity index (χ4n) is 1.51. The minimum Gasteiger partial charge on any atom is -0.461 e. The van der Waals surface area contributed by atoms with Gasteiger partial charge in [0.25, 0.3) is 0 Å². The van der Waals surface area contributed by atoms with Crippen LogP contribution in [0.25, 0.3) is 6.08 Å². The van der Waals surface area contributed by atoms with E-state index < -0.39 is 0 Å². The minimum atomic E-state index is -0.237. The molecule has 0 spiro atoms. The molecule has 0 heterocycles. The zero-order valence-corrected chi connectivity index (χ0v) is 11.8. The fraction of sp³-hybridized carbons (Fsp3) is 0.357. The number of carbonyl (C=O) groups excluding carboxylic acids is 1. The van der Waals surface area contributed by atoms with E-state index in [9.17, 15) is 4.79 Å². The van der Waals surface area contributed by atoms with Crippen molar-refractivity contribution in [2.75, 3.05) is 6.61 Å². The standard InChI is InChI=1S/C14H17BrO2/c1-3-6-12(10-17-11(2)16)9-13-7-4-5-8-14(13)15/h4-5,7-9H,3,6,10H2,1-2H3/b12-9+. The van der Waals surface area contributed by atoms with Gasteiger partial charge in [-0.25, -0.2) is 0 Å². The van der Waals surface area contributed by atoms with Crippen LogP contribution in [0.5, 0.6) is 0 Å². The Kier molecular flexibility index (Phi) is 5.98. The maximum absolute atomic E-state index is 10.8. The fourth-order valence-corrected chi connectivity index (χ4v) is 1.91. The highest BCUT2D eigenvalue weighted by Crippen LogP contribution is 2.20. The molecule has 0 fully saturated rings. The molecule has 1 rings (SSSR count). The molecule has 1 aromatic carbocycles. The summed E-state index contributed by atoms with van der Waals surface area (Å²) in [4.78, 5) is 10.8. The van der Waals surface area contributed by atoms with Crippen molar-refractivity contribution in [3.8, 4) is 0 Å². The van der Waals surface area contributed by atoms with Crippen molar-refractivity contribution in [3.63, 3.8) is 0 Å². The van der Waals surface area contributed by atoms with E-state index in [2.05, 4.69) is 28.9 Å². The van der Waals surface area contributed by atoms with Crippen molar-refractivity contribution in [2.45, 2.75) is 26.7 Å². The van der Waals surface area contributed by atoms with Crippen LogP contribution in [0.4, 0.5) is 0 Å². The number of halogens is 1. The van der Waals surface area contributed by atoms with Crippen molar-refractivity contribution in [1.29, 1.82) is 0 Å². The van der Waals surface area contributed by atoms with Gasteiger partial charge < -0.3 is 4.74 Å². The lowest BCUT2D eigenvalue weighted by atomic mass is 10.1. The molecule has 0 radical (unpaired) electrons. The average Bonchev–Trinajstić information content (AvgIpc) is 2.29. The topological polar surface area (TPSA) is 26.3 Å². The maximum atomic E-state index is 10.8. The van der Waals surface area contributed by atoms with E-state index in [1.54, 1.807) is 0 Å². The number of rotatable bonds is 5. The van der Waals surface area contributed by atoms with Crippen molar-refractivity contribution in [3.05, 3.63) is 39.9 Å². The summed E-state index contributed by atoms with van der Waals surface area (Å²) in [6, 6.07) is 8.01. The molecule has 3 heteroatoms. The first-order valence-electron chi connectivity index (χ1n) is 5.70. The largest absolute Gasteiger partial charge is 0.461 e. The molecule has 0 unspecified atom stereocenters. The van der Waals surface area contributed by atoms with E-state index in [0.717, 1.165) is 28.5 Å². The van der Waals surface area contributed by atoms with Crippen LogP contribution >= 0.6 is 15.9 Å². The van der Waals surface area contributed by atoms with Gasteiger partial charge in [-0.3, -0.25) is 4.79 Å². The van der Waals surface area contributed by atoms with Crippen LogP contribution in [0, 0.1) is 0 Å². The Morgan fingerprint density at radius 1 is 1.41 bits per heavy atom. The van der Waals surface area contributed by atoms with E-state index in [1.165, 1.54) is 6.92 Å².